The van der Waals surface area contributed by atoms with Crippen molar-refractivity contribution in [3.05, 3.63) is 23.0 Å². The van der Waals surface area contributed by atoms with Gasteiger partial charge < -0.3 is 16.4 Å². The fourth-order valence-corrected chi connectivity index (χ4v) is 1.97. The van der Waals surface area contributed by atoms with Gasteiger partial charge in [-0.3, -0.25) is 9.78 Å². The molecule has 0 aliphatic carbocycles. The molecule has 0 fully saturated rings. The Balaban J connectivity index is 2.87. The molecule has 1 aromatic rings. The normalized spacial score (nSPS) is 9.94. The van der Waals surface area contributed by atoms with Gasteiger partial charge in [-0.15, -0.1) is 0 Å². The Morgan fingerprint density at radius 2 is 2.17 bits per heavy atom. The van der Waals surface area contributed by atoms with E-state index in [0.717, 1.165) is 22.6 Å². The Morgan fingerprint density at radius 1 is 1.50 bits per heavy atom. The van der Waals surface area contributed by atoms with Crippen LogP contribution in [0.2, 0.25) is 0 Å². The van der Waals surface area contributed by atoms with Gasteiger partial charge in [-0.05, 0) is 19.9 Å². The van der Waals surface area contributed by atoms with Crippen molar-refractivity contribution >= 4 is 28.8 Å². The fraction of sp³-hybridized carbons (Fsp3) is 0.417. The Bertz CT molecular complexity index is 473. The standard InChI is InChI=1S/C12H18N4OS/c1-7-6-9(15-5-4-10(17)14-3)11(12(13)18)8(2)16-7/h6H,4-5H2,1-3H3,(H2,13,18)(H,14,17)(H,15,16). The van der Waals surface area contributed by atoms with Crippen molar-refractivity contribution in [3.8, 4) is 0 Å². The second kappa shape index (κ2) is 6.30. The maximum Gasteiger partial charge on any atom is 0.221 e. The number of carbonyl (C=O) groups is 1. The van der Waals surface area contributed by atoms with Crippen LogP contribution in [0.15, 0.2) is 6.07 Å². The molecule has 0 aliphatic heterocycles. The first-order valence-corrected chi connectivity index (χ1v) is 6.09. The van der Waals surface area contributed by atoms with Gasteiger partial charge in [0.25, 0.3) is 0 Å². The number of aryl methyl sites for hydroxylation is 2. The summed E-state index contributed by atoms with van der Waals surface area (Å²) in [5.41, 5.74) is 8.95. The number of nitrogens with one attached hydrogen (secondary N) is 2. The van der Waals surface area contributed by atoms with Gasteiger partial charge >= 0.3 is 0 Å². The molecule has 0 aromatic carbocycles. The predicted octanol–water partition coefficient (Wildman–Crippen LogP) is 0.881. The van der Waals surface area contributed by atoms with Crippen LogP contribution in [-0.4, -0.2) is 29.5 Å². The van der Waals surface area contributed by atoms with Crippen molar-refractivity contribution in [3.63, 3.8) is 0 Å². The first kappa shape index (κ1) is 14.4. The number of nitrogens with two attached hydrogens (primary N) is 1. The zero-order chi connectivity index (χ0) is 13.7. The highest BCUT2D eigenvalue weighted by Gasteiger charge is 2.11. The quantitative estimate of drug-likeness (QED) is 0.689. The van der Waals surface area contributed by atoms with E-state index in [1.165, 1.54) is 0 Å². The molecule has 0 spiro atoms. The van der Waals surface area contributed by atoms with Crippen LogP contribution in [0.1, 0.15) is 23.4 Å². The summed E-state index contributed by atoms with van der Waals surface area (Å²) in [4.78, 5) is 15.8. The lowest BCUT2D eigenvalue weighted by atomic mass is 10.1. The Hall–Kier alpha value is -1.69. The maximum absolute atomic E-state index is 11.1. The van der Waals surface area contributed by atoms with E-state index in [9.17, 15) is 4.79 Å². The van der Waals surface area contributed by atoms with E-state index in [-0.39, 0.29) is 5.91 Å². The molecule has 5 nitrogen and oxygen atoms in total. The van der Waals surface area contributed by atoms with Gasteiger partial charge in [0.1, 0.15) is 4.99 Å². The third kappa shape index (κ3) is 3.66. The minimum atomic E-state index is -0.0122. The molecular weight excluding hydrogens is 248 g/mol. The van der Waals surface area contributed by atoms with Crippen molar-refractivity contribution < 1.29 is 4.79 Å². The SMILES string of the molecule is CNC(=O)CCNc1cc(C)nc(C)c1C(N)=S. The molecule has 1 rings (SSSR count). The molecular formula is C12H18N4OS. The minimum Gasteiger partial charge on any atom is -0.389 e. The molecule has 0 unspecified atom stereocenters. The lowest BCUT2D eigenvalue weighted by molar-refractivity contribution is -0.120. The number of aromatic nitrogens is 1. The van der Waals surface area contributed by atoms with E-state index >= 15 is 0 Å². The first-order chi connectivity index (χ1) is 8.45. The van der Waals surface area contributed by atoms with Crippen LogP contribution >= 0.6 is 12.2 Å². The molecule has 0 saturated heterocycles. The van der Waals surface area contributed by atoms with Crippen LogP contribution in [0, 0.1) is 13.8 Å². The number of pyridine rings is 1. The van der Waals surface area contributed by atoms with Gasteiger partial charge in [-0.25, -0.2) is 0 Å². The molecule has 4 N–H and O–H groups in total. The molecule has 0 saturated carbocycles. The molecule has 1 amide bonds. The Morgan fingerprint density at radius 3 is 2.72 bits per heavy atom. The van der Waals surface area contributed by atoms with E-state index < -0.39 is 0 Å². The largest absolute Gasteiger partial charge is 0.389 e. The minimum absolute atomic E-state index is 0.0122. The third-order valence-electron chi connectivity index (χ3n) is 2.52. The highest BCUT2D eigenvalue weighted by molar-refractivity contribution is 7.80. The van der Waals surface area contributed by atoms with Crippen LogP contribution in [0.3, 0.4) is 0 Å². The second-order valence-corrected chi connectivity index (χ2v) is 4.43. The summed E-state index contributed by atoms with van der Waals surface area (Å²) in [5, 5.41) is 5.74. The highest BCUT2D eigenvalue weighted by Crippen LogP contribution is 2.19. The molecule has 0 radical (unpaired) electrons. The zero-order valence-corrected chi connectivity index (χ0v) is 11.6. The molecule has 0 aliphatic rings. The average Bonchev–Trinajstić information content (AvgIpc) is 2.27. The molecule has 1 aromatic heterocycles. The number of thiocarbonyl (C=S) groups is 1. The van der Waals surface area contributed by atoms with E-state index in [0.29, 0.717) is 18.0 Å². The van der Waals surface area contributed by atoms with Gasteiger partial charge in [-0.1, -0.05) is 12.2 Å². The van der Waals surface area contributed by atoms with Crippen LogP contribution in [0.5, 0.6) is 0 Å². The van der Waals surface area contributed by atoms with Crippen molar-refractivity contribution in [2.24, 2.45) is 5.73 Å². The van der Waals surface area contributed by atoms with Gasteiger partial charge in [0, 0.05) is 37.1 Å². The zero-order valence-electron chi connectivity index (χ0n) is 10.8. The number of rotatable bonds is 5. The first-order valence-electron chi connectivity index (χ1n) is 5.68. The number of nitrogens with zero attached hydrogens (tertiary/aromatic N) is 1. The summed E-state index contributed by atoms with van der Waals surface area (Å²) in [6.45, 7) is 4.30. The average molecular weight is 266 g/mol. The summed E-state index contributed by atoms with van der Waals surface area (Å²) in [6, 6.07) is 1.88. The van der Waals surface area contributed by atoms with Crippen molar-refractivity contribution in [2.75, 3.05) is 18.9 Å². The van der Waals surface area contributed by atoms with E-state index in [1.807, 2.05) is 19.9 Å². The summed E-state index contributed by atoms with van der Waals surface area (Å²) < 4.78 is 0. The molecule has 18 heavy (non-hydrogen) atoms. The molecule has 0 bridgehead atoms. The monoisotopic (exact) mass is 266 g/mol. The van der Waals surface area contributed by atoms with Gasteiger partial charge in [0.15, 0.2) is 0 Å². The van der Waals surface area contributed by atoms with E-state index in [4.69, 9.17) is 18.0 Å². The van der Waals surface area contributed by atoms with Gasteiger partial charge in [0.05, 0.1) is 5.56 Å². The number of hydrogen-bond acceptors (Lipinski definition) is 4. The molecule has 98 valence electrons. The van der Waals surface area contributed by atoms with Crippen molar-refractivity contribution in [1.82, 2.24) is 10.3 Å². The summed E-state index contributed by atoms with van der Waals surface area (Å²) in [7, 11) is 1.61. The van der Waals surface area contributed by atoms with Crippen LogP contribution in [0.25, 0.3) is 0 Å². The summed E-state index contributed by atoms with van der Waals surface area (Å²) in [5.74, 6) is -0.0122. The van der Waals surface area contributed by atoms with Crippen molar-refractivity contribution in [1.29, 1.82) is 0 Å². The fourth-order valence-electron chi connectivity index (χ4n) is 1.71. The predicted molar refractivity (Wildman–Crippen MR) is 76.8 cm³/mol. The molecule has 6 heteroatoms. The van der Waals surface area contributed by atoms with Crippen LogP contribution in [0.4, 0.5) is 5.69 Å². The summed E-state index contributed by atoms with van der Waals surface area (Å²) in [6.07, 6.45) is 0.397. The van der Waals surface area contributed by atoms with E-state index in [2.05, 4.69) is 15.6 Å². The Labute approximate surface area is 112 Å². The number of carbonyl (C=O) groups excluding carboxylic acids is 1. The highest BCUT2D eigenvalue weighted by atomic mass is 32.1. The smallest absolute Gasteiger partial charge is 0.221 e. The number of anilines is 1. The van der Waals surface area contributed by atoms with Crippen molar-refractivity contribution in [2.45, 2.75) is 20.3 Å². The molecule has 1 heterocycles. The van der Waals surface area contributed by atoms with E-state index in [1.54, 1.807) is 7.05 Å². The second-order valence-electron chi connectivity index (χ2n) is 3.99. The molecule has 0 atom stereocenters. The third-order valence-corrected chi connectivity index (χ3v) is 2.73. The van der Waals surface area contributed by atoms with Crippen LogP contribution < -0.4 is 16.4 Å². The Kier molecular flexibility index (Phi) is 5.03. The lowest BCUT2D eigenvalue weighted by Crippen LogP contribution is -2.22. The lowest BCUT2D eigenvalue weighted by Gasteiger charge is -2.14. The van der Waals surface area contributed by atoms with Gasteiger partial charge in [0.2, 0.25) is 5.91 Å². The number of hydrogen-bond donors (Lipinski definition) is 3. The maximum atomic E-state index is 11.1. The van der Waals surface area contributed by atoms with Gasteiger partial charge in [-0.2, -0.15) is 0 Å². The number of amides is 1. The summed E-state index contributed by atoms with van der Waals surface area (Å²) >= 11 is 5.02. The van der Waals surface area contributed by atoms with Crippen LogP contribution in [-0.2, 0) is 4.79 Å². The topological polar surface area (TPSA) is 80.0 Å².